The molecule has 0 bridgehead atoms. The fraction of sp³-hybridized carbons (Fsp3) is 0.133. The highest BCUT2D eigenvalue weighted by Crippen LogP contribution is 2.57. The molecule has 174 valence electrons. The molecule has 32 heavy (non-hydrogen) atoms. The van der Waals surface area contributed by atoms with Gasteiger partial charge in [0, 0.05) is 0 Å². The summed E-state index contributed by atoms with van der Waals surface area (Å²) in [7, 11) is 0. The number of alkyl halides is 4. The van der Waals surface area contributed by atoms with Crippen LogP contribution in [-0.4, -0.2) is 14.9 Å². The molecule has 0 N–H and O–H groups in total. The van der Waals surface area contributed by atoms with Crippen LogP contribution in [0.2, 0.25) is 0 Å². The van der Waals surface area contributed by atoms with E-state index in [0.717, 1.165) is 0 Å². The van der Waals surface area contributed by atoms with Gasteiger partial charge in [0.25, 0.3) is 8.91 Å². The van der Waals surface area contributed by atoms with Gasteiger partial charge in [0.1, 0.15) is 11.4 Å². The minimum Gasteiger partial charge on any atom is -0.250 e. The second-order valence-electron chi connectivity index (χ2n) is 5.87. The van der Waals surface area contributed by atoms with Gasteiger partial charge in [0.05, 0.1) is 0 Å². The number of nitrogens with zero attached hydrogens (tertiary/aromatic N) is 2. The van der Waals surface area contributed by atoms with Gasteiger partial charge in [-0.3, -0.25) is 9.80 Å². The van der Waals surface area contributed by atoms with Crippen molar-refractivity contribution in [3.63, 3.8) is 0 Å². The Morgan fingerprint density at radius 1 is 0.438 bits per heavy atom. The monoisotopic (exact) mass is 554 g/mol. The number of carbonyl (C=O) groups is 1. The van der Waals surface area contributed by atoms with E-state index in [4.69, 9.17) is 46.4 Å². The molecule has 0 aliphatic carbocycles. The van der Waals surface area contributed by atoms with E-state index in [1.54, 1.807) is 0 Å². The van der Waals surface area contributed by atoms with Gasteiger partial charge in [-0.25, -0.2) is 48.7 Å². The van der Waals surface area contributed by atoms with Crippen molar-refractivity contribution in [1.29, 1.82) is 0 Å². The molecule has 1 aliphatic rings. The summed E-state index contributed by atoms with van der Waals surface area (Å²) in [5, 5.41) is 0. The first-order chi connectivity index (χ1) is 14.5. The van der Waals surface area contributed by atoms with E-state index in [1.807, 2.05) is 0 Å². The van der Waals surface area contributed by atoms with Crippen molar-refractivity contribution in [2.24, 2.45) is 0 Å². The van der Waals surface area contributed by atoms with Crippen LogP contribution in [0.3, 0.4) is 0 Å². The molecule has 1 aliphatic heterocycles. The average Bonchev–Trinajstić information content (AvgIpc) is 2.85. The topological polar surface area (TPSA) is 23.6 Å². The predicted molar refractivity (Wildman–Crippen MR) is 91.7 cm³/mol. The van der Waals surface area contributed by atoms with E-state index in [1.165, 1.54) is 0 Å². The third-order valence-corrected chi connectivity index (χ3v) is 6.28. The molecular formula is C15Cl4F10N2O. The van der Waals surface area contributed by atoms with E-state index in [-0.39, 0.29) is 0 Å². The standard InChI is InChI=1S/C15Cl4F10N2O/c16-14(17)15(18,19)31(12-9(28)5(24)2(21)6(25)10(12)29)13(32)30(14)11-7(26)3(22)1(20)4(23)8(11)27. The molecule has 1 fully saturated rings. The lowest BCUT2D eigenvalue weighted by molar-refractivity contribution is 0.254. The van der Waals surface area contributed by atoms with E-state index < -0.39 is 94.3 Å². The number of halogens is 14. The molecule has 2 amide bonds. The van der Waals surface area contributed by atoms with Gasteiger partial charge >= 0.3 is 6.03 Å². The Bertz CT molecular complexity index is 1040. The van der Waals surface area contributed by atoms with Crippen LogP contribution in [0.1, 0.15) is 0 Å². The highest BCUT2D eigenvalue weighted by Gasteiger charge is 2.69. The Morgan fingerprint density at radius 3 is 0.844 bits per heavy atom. The highest BCUT2D eigenvalue weighted by molar-refractivity contribution is 6.67. The summed E-state index contributed by atoms with van der Waals surface area (Å²) in [5.74, 6) is -26.7. The van der Waals surface area contributed by atoms with Gasteiger partial charge in [-0.1, -0.05) is 46.4 Å². The van der Waals surface area contributed by atoms with Crippen LogP contribution in [0.25, 0.3) is 0 Å². The molecule has 1 saturated heterocycles. The third kappa shape index (κ3) is 3.01. The lowest BCUT2D eigenvalue weighted by Gasteiger charge is -2.32. The number of urea groups is 1. The zero-order valence-electron chi connectivity index (χ0n) is 14.1. The van der Waals surface area contributed by atoms with E-state index in [9.17, 15) is 48.7 Å². The molecule has 0 saturated carbocycles. The number of hydrogen-bond donors (Lipinski definition) is 0. The molecule has 0 atom stereocenters. The average molecular weight is 556 g/mol. The largest absolute Gasteiger partial charge is 0.334 e. The second-order valence-corrected chi connectivity index (χ2v) is 8.45. The summed E-state index contributed by atoms with van der Waals surface area (Å²) in [6.07, 6.45) is 0. The molecule has 0 spiro atoms. The summed E-state index contributed by atoms with van der Waals surface area (Å²) in [6.45, 7) is 0. The van der Waals surface area contributed by atoms with Gasteiger partial charge in [-0.15, -0.1) is 0 Å². The van der Waals surface area contributed by atoms with Crippen LogP contribution >= 0.6 is 46.4 Å². The van der Waals surface area contributed by atoms with Crippen LogP contribution in [-0.2, 0) is 0 Å². The van der Waals surface area contributed by atoms with Crippen molar-refractivity contribution < 1.29 is 48.7 Å². The van der Waals surface area contributed by atoms with E-state index in [0.29, 0.717) is 0 Å². The lowest BCUT2D eigenvalue weighted by Crippen LogP contribution is -2.47. The second kappa shape index (κ2) is 7.61. The fourth-order valence-electron chi connectivity index (χ4n) is 2.66. The van der Waals surface area contributed by atoms with Crippen LogP contribution in [0.4, 0.5) is 60.1 Å². The Balaban J connectivity index is 2.39. The first-order valence-electron chi connectivity index (χ1n) is 7.44. The van der Waals surface area contributed by atoms with Gasteiger partial charge in [-0.2, -0.15) is 0 Å². The summed E-state index contributed by atoms with van der Waals surface area (Å²) in [4.78, 5) is 11.3. The van der Waals surface area contributed by atoms with Crippen molar-refractivity contribution >= 4 is 63.8 Å². The number of carbonyl (C=O) groups excluding carboxylic acids is 1. The van der Waals surface area contributed by atoms with Crippen molar-refractivity contribution in [3.05, 3.63) is 58.2 Å². The molecule has 17 heteroatoms. The SMILES string of the molecule is O=C1N(c2c(F)c(F)c(F)c(F)c2F)C(Cl)(Cl)C(Cl)(Cl)N1c1c(F)c(F)c(F)c(F)c1F. The number of benzene rings is 2. The first-order valence-corrected chi connectivity index (χ1v) is 8.95. The molecule has 1 heterocycles. The van der Waals surface area contributed by atoms with Crippen molar-refractivity contribution in [1.82, 2.24) is 0 Å². The minimum absolute atomic E-state index is 0.718. The molecule has 3 rings (SSSR count). The normalized spacial score (nSPS) is 17.5. The third-order valence-electron chi connectivity index (χ3n) is 4.13. The minimum atomic E-state index is -3.54. The van der Waals surface area contributed by atoms with Crippen LogP contribution in [0, 0.1) is 58.2 Å². The van der Waals surface area contributed by atoms with Gasteiger partial charge in [-0.05, 0) is 0 Å². The quantitative estimate of drug-likeness (QED) is 0.132. The van der Waals surface area contributed by atoms with Crippen LogP contribution in [0.5, 0.6) is 0 Å². The maximum Gasteiger partial charge on any atom is 0.334 e. The maximum absolute atomic E-state index is 14.2. The number of amides is 2. The molecule has 0 aromatic heterocycles. The number of rotatable bonds is 2. The molecule has 0 radical (unpaired) electrons. The number of hydrogen-bond acceptors (Lipinski definition) is 1. The molecule has 0 unspecified atom stereocenters. The van der Waals surface area contributed by atoms with Crippen molar-refractivity contribution in [2.45, 2.75) is 8.91 Å². The summed E-state index contributed by atoms with van der Waals surface area (Å²) >= 11 is 22.8. The molecular weight excluding hydrogens is 556 g/mol. The Labute approximate surface area is 189 Å². The van der Waals surface area contributed by atoms with E-state index in [2.05, 4.69) is 0 Å². The summed E-state index contributed by atoms with van der Waals surface area (Å²) in [5.41, 5.74) is -4.37. The van der Waals surface area contributed by atoms with Crippen LogP contribution < -0.4 is 9.80 Å². The summed E-state index contributed by atoms with van der Waals surface area (Å²) in [6, 6.07) is -2.33. The predicted octanol–water partition coefficient (Wildman–Crippen LogP) is 6.79. The Kier molecular flexibility index (Phi) is 5.90. The fourth-order valence-corrected chi connectivity index (χ4v) is 3.63. The van der Waals surface area contributed by atoms with Crippen LogP contribution in [0.15, 0.2) is 0 Å². The highest BCUT2D eigenvalue weighted by atomic mass is 35.5. The lowest BCUT2D eigenvalue weighted by atomic mass is 10.2. The maximum atomic E-state index is 14.2. The van der Waals surface area contributed by atoms with Crippen molar-refractivity contribution in [2.75, 3.05) is 9.80 Å². The first kappa shape index (κ1) is 24.8. The summed E-state index contributed by atoms with van der Waals surface area (Å²) < 4.78 is 131. The molecule has 2 aromatic rings. The number of anilines is 2. The Morgan fingerprint density at radius 2 is 0.625 bits per heavy atom. The zero-order valence-corrected chi connectivity index (χ0v) is 17.1. The molecule has 2 aromatic carbocycles. The Hall–Kier alpha value is -1.83. The van der Waals surface area contributed by atoms with E-state index >= 15 is 0 Å². The van der Waals surface area contributed by atoms with Crippen molar-refractivity contribution in [3.8, 4) is 0 Å². The van der Waals surface area contributed by atoms with Gasteiger partial charge < -0.3 is 0 Å². The van der Waals surface area contributed by atoms with Gasteiger partial charge in [0.2, 0.25) is 11.6 Å². The zero-order chi connectivity index (χ0) is 24.7. The smallest absolute Gasteiger partial charge is 0.250 e. The molecule has 3 nitrogen and oxygen atoms in total. The van der Waals surface area contributed by atoms with Gasteiger partial charge in [0.15, 0.2) is 46.5 Å².